The van der Waals surface area contributed by atoms with Gasteiger partial charge in [-0.3, -0.25) is 24.0 Å². The molecule has 10 rings (SSSR count). The van der Waals surface area contributed by atoms with E-state index in [1.54, 1.807) is 0 Å². The van der Waals surface area contributed by atoms with Crippen LogP contribution in [0.3, 0.4) is 0 Å². The highest BCUT2D eigenvalue weighted by Crippen LogP contribution is 2.53. The highest BCUT2D eigenvalue weighted by molar-refractivity contribution is 5.96. The molecule has 5 N–H and O–H groups in total. The first-order chi connectivity index (χ1) is 32.3. The third-order valence-electron chi connectivity index (χ3n) is 13.6. The maximum Gasteiger partial charge on any atom is 0.310 e. The topological polar surface area (TPSA) is 201 Å². The van der Waals surface area contributed by atoms with Crippen LogP contribution in [-0.4, -0.2) is 66.1 Å². The molecule has 356 valence electrons. The molecule has 68 heavy (non-hydrogen) atoms. The molecule has 1 amide bonds. The second-order valence-corrected chi connectivity index (χ2v) is 19.7. The third kappa shape index (κ3) is 10.2. The average Bonchev–Trinajstić information content (AvgIpc) is 3.99. The van der Waals surface area contributed by atoms with Gasteiger partial charge in [-0.05, 0) is 119 Å². The van der Waals surface area contributed by atoms with Crippen LogP contribution in [-0.2, 0) is 63.2 Å². The molecule has 2 aliphatic heterocycles. The Labute approximate surface area is 395 Å². The lowest BCUT2D eigenvalue weighted by molar-refractivity contribution is -0.156. The SMILES string of the molecule is CC(=O)NCC(C)(C)c1cc2cc(CC(=O)C3(c4ccc5c(c4)OCO5)CC3)ccc2[nH]1.CC(=O)OC(C)=O.CC(C)(CN)c1cc2cc(CC(=O)C3(c4ccc5c(c4)OCO5)CC3)ccc2[nH]1. The van der Waals surface area contributed by atoms with Gasteiger partial charge in [0.1, 0.15) is 11.6 Å². The Bertz CT molecular complexity index is 2920. The smallest absolute Gasteiger partial charge is 0.310 e. The summed E-state index contributed by atoms with van der Waals surface area (Å²) in [4.78, 5) is 64.5. The van der Waals surface area contributed by atoms with Crippen molar-refractivity contribution in [1.29, 1.82) is 0 Å². The van der Waals surface area contributed by atoms with Crippen LogP contribution in [0.1, 0.15) is 108 Å². The van der Waals surface area contributed by atoms with E-state index in [1.165, 1.54) is 20.8 Å². The zero-order chi connectivity index (χ0) is 48.6. The predicted octanol–water partition coefficient (Wildman–Crippen LogP) is 8.23. The van der Waals surface area contributed by atoms with E-state index in [0.29, 0.717) is 25.9 Å². The summed E-state index contributed by atoms with van der Waals surface area (Å²) < 4.78 is 25.8. The molecule has 14 heteroatoms. The molecule has 2 fully saturated rings. The van der Waals surface area contributed by atoms with Crippen LogP contribution in [0.25, 0.3) is 21.8 Å². The largest absolute Gasteiger partial charge is 0.454 e. The molecule has 2 aromatic heterocycles. The van der Waals surface area contributed by atoms with Gasteiger partial charge < -0.3 is 44.7 Å². The van der Waals surface area contributed by atoms with Gasteiger partial charge in [-0.15, -0.1) is 0 Å². The lowest BCUT2D eigenvalue weighted by atomic mass is 9.87. The second kappa shape index (κ2) is 18.6. The average molecular weight is 925 g/mol. The lowest BCUT2D eigenvalue weighted by Crippen LogP contribution is -2.35. The zero-order valence-electron chi connectivity index (χ0n) is 39.8. The maximum atomic E-state index is 13.3. The monoisotopic (exact) mass is 924 g/mol. The Kier molecular flexibility index (Phi) is 13.0. The molecule has 2 saturated carbocycles. The number of benzene rings is 4. The molecule has 0 saturated heterocycles. The van der Waals surface area contributed by atoms with Crippen LogP contribution in [0.4, 0.5) is 0 Å². The van der Waals surface area contributed by atoms with Gasteiger partial charge in [0.2, 0.25) is 19.5 Å². The van der Waals surface area contributed by atoms with Gasteiger partial charge >= 0.3 is 11.9 Å². The fourth-order valence-corrected chi connectivity index (χ4v) is 8.87. The molecule has 0 unspecified atom stereocenters. The standard InChI is InChI=1S/C26H28N2O4.C24H26N2O3.C4H6O3/c1-16(29)27-14-25(2,3)23-12-18-10-17(4-6-20(18)28-23)11-24(30)26(8-9-26)19-5-7-21-22(13-19)32-15-31-21;1-23(2,13-25)21-11-16-9-15(3-5-18(16)26-21)10-22(27)24(7-8-24)17-4-6-19-20(12-17)29-14-28-19;1-3(5)7-4(2)6/h4-7,10,12-13,28H,8-9,11,14-15H2,1-3H3,(H,27,29);3-6,9,11-12,26H,7-8,10,13-14,25H2,1-2H3;1-2H3. The summed E-state index contributed by atoms with van der Waals surface area (Å²) in [6.07, 6.45) is 4.38. The zero-order valence-corrected chi connectivity index (χ0v) is 39.8. The summed E-state index contributed by atoms with van der Waals surface area (Å²) >= 11 is 0. The Hall–Kier alpha value is -6.93. The molecule has 0 radical (unpaired) electrons. The number of aromatic amines is 2. The minimum atomic E-state index is -0.562. The molecule has 0 atom stereocenters. The van der Waals surface area contributed by atoms with Crippen molar-refractivity contribution in [2.75, 3.05) is 26.7 Å². The van der Waals surface area contributed by atoms with Crippen molar-refractivity contribution >= 4 is 51.2 Å². The van der Waals surface area contributed by atoms with Gasteiger partial charge in [-0.25, -0.2) is 0 Å². The van der Waals surface area contributed by atoms with Crippen molar-refractivity contribution in [1.82, 2.24) is 15.3 Å². The van der Waals surface area contributed by atoms with Crippen LogP contribution < -0.4 is 30.0 Å². The Balaban J connectivity index is 0.000000162. The van der Waals surface area contributed by atoms with Gasteiger partial charge in [-0.1, -0.05) is 52.0 Å². The highest BCUT2D eigenvalue weighted by atomic mass is 16.7. The number of H-pyrrole nitrogens is 2. The van der Waals surface area contributed by atoms with Crippen LogP contribution in [0.5, 0.6) is 23.0 Å². The van der Waals surface area contributed by atoms with Gasteiger partial charge in [0.25, 0.3) is 0 Å². The number of Topliss-reactive ketones (excluding diaryl/α,β-unsaturated/α-hetero) is 2. The number of hydrogen-bond acceptors (Lipinski definition) is 11. The number of fused-ring (bicyclic) bond motifs is 4. The van der Waals surface area contributed by atoms with Crippen molar-refractivity contribution in [2.24, 2.45) is 5.73 Å². The molecule has 4 heterocycles. The van der Waals surface area contributed by atoms with Gasteiger partial charge in [0.05, 0.1) is 10.8 Å². The van der Waals surface area contributed by atoms with E-state index in [9.17, 15) is 24.0 Å². The normalized spacial score (nSPS) is 15.6. The lowest BCUT2D eigenvalue weighted by Gasteiger charge is -2.23. The molecule has 0 spiro atoms. The second-order valence-electron chi connectivity index (χ2n) is 19.7. The van der Waals surface area contributed by atoms with Crippen molar-refractivity contribution in [3.05, 3.63) is 119 Å². The van der Waals surface area contributed by atoms with Crippen molar-refractivity contribution in [3.8, 4) is 23.0 Å². The predicted molar refractivity (Wildman–Crippen MR) is 257 cm³/mol. The molecule has 6 aromatic rings. The number of esters is 2. The summed E-state index contributed by atoms with van der Waals surface area (Å²) in [7, 11) is 0. The van der Waals surface area contributed by atoms with Crippen LogP contribution in [0.2, 0.25) is 0 Å². The minimum absolute atomic E-state index is 0.0357. The number of amides is 1. The number of carbonyl (C=O) groups is 5. The molecule has 4 aromatic carbocycles. The molecule has 0 bridgehead atoms. The summed E-state index contributed by atoms with van der Waals surface area (Å²) in [6.45, 7) is 14.0. The van der Waals surface area contributed by atoms with Crippen LogP contribution in [0, 0.1) is 0 Å². The Morgan fingerprint density at radius 1 is 0.588 bits per heavy atom. The minimum Gasteiger partial charge on any atom is -0.454 e. The summed E-state index contributed by atoms with van der Waals surface area (Å²) in [5.41, 5.74) is 13.2. The first kappa shape index (κ1) is 47.6. The number of ether oxygens (including phenoxy) is 5. The molecular formula is C54H60N4O10. The van der Waals surface area contributed by atoms with E-state index in [4.69, 9.17) is 24.7 Å². The first-order valence-electron chi connectivity index (χ1n) is 23.1. The van der Waals surface area contributed by atoms with E-state index < -0.39 is 17.4 Å². The number of hydrogen-bond donors (Lipinski definition) is 4. The Morgan fingerprint density at radius 3 is 1.40 bits per heavy atom. The molecule has 14 nitrogen and oxygen atoms in total. The van der Waals surface area contributed by atoms with Crippen molar-refractivity contribution in [2.45, 2.75) is 109 Å². The fourth-order valence-electron chi connectivity index (χ4n) is 8.87. The molecule has 2 aliphatic carbocycles. The summed E-state index contributed by atoms with van der Waals surface area (Å²) in [6, 6.07) is 28.4. The number of rotatable bonds is 13. The van der Waals surface area contributed by atoms with E-state index >= 15 is 0 Å². The van der Waals surface area contributed by atoms with Gasteiger partial charge in [0, 0.05) is 80.0 Å². The Morgan fingerprint density at radius 2 is 1.01 bits per heavy atom. The number of nitrogens with one attached hydrogen (secondary N) is 3. The van der Waals surface area contributed by atoms with Crippen molar-refractivity contribution in [3.63, 3.8) is 0 Å². The molecule has 4 aliphatic rings. The number of carbonyl (C=O) groups excluding carboxylic acids is 5. The number of ketones is 2. The summed E-state index contributed by atoms with van der Waals surface area (Å²) in [5, 5.41) is 5.10. The van der Waals surface area contributed by atoms with E-state index in [-0.39, 0.29) is 47.3 Å². The van der Waals surface area contributed by atoms with E-state index in [1.807, 2.05) is 54.6 Å². The van der Waals surface area contributed by atoms with E-state index in [2.05, 4.69) is 78.0 Å². The van der Waals surface area contributed by atoms with Gasteiger partial charge in [0.15, 0.2) is 23.0 Å². The third-order valence-corrected chi connectivity index (χ3v) is 13.6. The maximum absolute atomic E-state index is 13.3. The fraction of sp³-hybridized carbons (Fsp3) is 0.389. The number of nitrogens with two attached hydrogens (primary N) is 1. The van der Waals surface area contributed by atoms with Crippen molar-refractivity contribution < 1.29 is 47.7 Å². The number of aromatic nitrogens is 2. The van der Waals surface area contributed by atoms with Crippen LogP contribution >= 0.6 is 0 Å². The summed E-state index contributed by atoms with van der Waals surface area (Å²) in [5.74, 6) is 2.33. The van der Waals surface area contributed by atoms with Gasteiger partial charge in [-0.2, -0.15) is 0 Å². The molecular weight excluding hydrogens is 865 g/mol. The van der Waals surface area contributed by atoms with E-state index in [0.717, 1.165) is 104 Å². The quantitative estimate of drug-likeness (QED) is 0.0642. The highest BCUT2D eigenvalue weighted by Gasteiger charge is 2.52. The first-order valence-corrected chi connectivity index (χ1v) is 23.1. The van der Waals surface area contributed by atoms with Crippen LogP contribution in [0.15, 0.2) is 84.9 Å².